The SMILES string of the molecule is Cc1c(I)cccc1C(=O)N1CCCCC1CN.Cl. The quantitative estimate of drug-likeness (QED) is 0.784. The minimum absolute atomic E-state index is 0. The Kier molecular flexibility index (Phi) is 6.56. The molecule has 2 N–H and O–H groups in total. The zero-order chi connectivity index (χ0) is 13.1. The Morgan fingerprint density at radius 1 is 1.47 bits per heavy atom. The van der Waals surface area contributed by atoms with E-state index in [4.69, 9.17) is 5.73 Å². The number of amides is 1. The first-order valence-corrected chi connectivity index (χ1v) is 7.49. The fourth-order valence-electron chi connectivity index (χ4n) is 2.51. The van der Waals surface area contributed by atoms with Crippen molar-refractivity contribution >= 4 is 40.9 Å². The number of likely N-dealkylation sites (tertiary alicyclic amines) is 1. The molecular formula is C14H20ClIN2O. The Bertz CT molecular complexity index is 453. The largest absolute Gasteiger partial charge is 0.334 e. The molecule has 1 aliphatic rings. The molecule has 1 saturated heterocycles. The van der Waals surface area contributed by atoms with Crippen molar-refractivity contribution in [1.82, 2.24) is 4.90 Å². The minimum atomic E-state index is 0. The predicted octanol–water partition coefficient (Wildman–Crippen LogP) is 2.97. The summed E-state index contributed by atoms with van der Waals surface area (Å²) in [6, 6.07) is 6.11. The van der Waals surface area contributed by atoms with Gasteiger partial charge in [0.05, 0.1) is 0 Å². The van der Waals surface area contributed by atoms with Crippen molar-refractivity contribution in [3.8, 4) is 0 Å². The summed E-state index contributed by atoms with van der Waals surface area (Å²) in [5, 5.41) is 0. The van der Waals surface area contributed by atoms with Gasteiger partial charge < -0.3 is 10.6 Å². The second-order valence-corrected chi connectivity index (χ2v) is 5.96. The zero-order valence-electron chi connectivity index (χ0n) is 11.1. The fraction of sp³-hybridized carbons (Fsp3) is 0.500. The van der Waals surface area contributed by atoms with Gasteiger partial charge in [0.1, 0.15) is 0 Å². The van der Waals surface area contributed by atoms with E-state index in [1.807, 2.05) is 30.0 Å². The highest BCUT2D eigenvalue weighted by molar-refractivity contribution is 14.1. The molecule has 1 amide bonds. The normalized spacial score (nSPS) is 18.9. The van der Waals surface area contributed by atoms with Gasteiger partial charge in [-0.25, -0.2) is 0 Å². The molecule has 1 fully saturated rings. The third-order valence-corrected chi connectivity index (χ3v) is 4.83. The van der Waals surface area contributed by atoms with Gasteiger partial charge in [-0.2, -0.15) is 0 Å². The van der Waals surface area contributed by atoms with Crippen LogP contribution in [-0.4, -0.2) is 29.9 Å². The maximum absolute atomic E-state index is 12.6. The molecule has 0 saturated carbocycles. The smallest absolute Gasteiger partial charge is 0.254 e. The number of carbonyl (C=O) groups excluding carboxylic acids is 1. The number of rotatable bonds is 2. The van der Waals surface area contributed by atoms with E-state index in [9.17, 15) is 4.79 Å². The second-order valence-electron chi connectivity index (χ2n) is 4.80. The lowest BCUT2D eigenvalue weighted by Gasteiger charge is -2.35. The highest BCUT2D eigenvalue weighted by atomic mass is 127. The molecule has 0 aromatic heterocycles. The van der Waals surface area contributed by atoms with Gasteiger partial charge in [-0.05, 0) is 66.5 Å². The van der Waals surface area contributed by atoms with Crippen LogP contribution in [-0.2, 0) is 0 Å². The Hall–Kier alpha value is -0.330. The molecule has 1 aromatic rings. The first-order chi connectivity index (χ1) is 8.65. The van der Waals surface area contributed by atoms with E-state index < -0.39 is 0 Å². The summed E-state index contributed by atoms with van der Waals surface area (Å²) in [6.45, 7) is 3.41. The van der Waals surface area contributed by atoms with Gasteiger partial charge in [0.2, 0.25) is 0 Å². The summed E-state index contributed by atoms with van der Waals surface area (Å²) < 4.78 is 1.14. The summed E-state index contributed by atoms with van der Waals surface area (Å²) in [4.78, 5) is 14.6. The van der Waals surface area contributed by atoms with Crippen LogP contribution >= 0.6 is 35.0 Å². The van der Waals surface area contributed by atoms with Gasteiger partial charge in [0.25, 0.3) is 5.91 Å². The van der Waals surface area contributed by atoms with Gasteiger partial charge in [-0.1, -0.05) is 6.07 Å². The molecule has 1 aromatic carbocycles. The molecule has 19 heavy (non-hydrogen) atoms. The molecule has 0 bridgehead atoms. The molecular weight excluding hydrogens is 375 g/mol. The van der Waals surface area contributed by atoms with Crippen molar-refractivity contribution in [1.29, 1.82) is 0 Å². The lowest BCUT2D eigenvalue weighted by Crippen LogP contribution is -2.47. The highest BCUT2D eigenvalue weighted by Gasteiger charge is 2.27. The van der Waals surface area contributed by atoms with E-state index >= 15 is 0 Å². The number of benzene rings is 1. The monoisotopic (exact) mass is 394 g/mol. The van der Waals surface area contributed by atoms with Crippen molar-refractivity contribution in [3.05, 3.63) is 32.9 Å². The van der Waals surface area contributed by atoms with Crippen LogP contribution in [0.1, 0.15) is 35.2 Å². The summed E-state index contributed by atoms with van der Waals surface area (Å²) in [7, 11) is 0. The van der Waals surface area contributed by atoms with Crippen LogP contribution < -0.4 is 5.73 Å². The van der Waals surface area contributed by atoms with Crippen molar-refractivity contribution in [2.24, 2.45) is 5.73 Å². The van der Waals surface area contributed by atoms with E-state index in [1.165, 1.54) is 6.42 Å². The third-order valence-electron chi connectivity index (χ3n) is 3.66. The van der Waals surface area contributed by atoms with E-state index in [1.54, 1.807) is 0 Å². The molecule has 1 heterocycles. The predicted molar refractivity (Wildman–Crippen MR) is 88.9 cm³/mol. The van der Waals surface area contributed by atoms with Crippen molar-refractivity contribution < 1.29 is 4.79 Å². The minimum Gasteiger partial charge on any atom is -0.334 e. The molecule has 1 atom stereocenters. The van der Waals surface area contributed by atoms with E-state index in [2.05, 4.69) is 22.6 Å². The summed E-state index contributed by atoms with van der Waals surface area (Å²) in [5.74, 6) is 0.140. The van der Waals surface area contributed by atoms with Gasteiger partial charge in [-0.15, -0.1) is 12.4 Å². The Labute approximate surface area is 134 Å². The molecule has 1 unspecified atom stereocenters. The zero-order valence-corrected chi connectivity index (χ0v) is 14.0. The average Bonchev–Trinajstić information content (AvgIpc) is 2.41. The van der Waals surface area contributed by atoms with Crippen LogP contribution in [0, 0.1) is 10.5 Å². The van der Waals surface area contributed by atoms with E-state index in [-0.39, 0.29) is 24.4 Å². The summed E-state index contributed by atoms with van der Waals surface area (Å²) in [5.41, 5.74) is 7.68. The molecule has 0 radical (unpaired) electrons. The van der Waals surface area contributed by atoms with Gasteiger partial charge in [0.15, 0.2) is 0 Å². The Morgan fingerprint density at radius 2 is 2.21 bits per heavy atom. The third kappa shape index (κ3) is 3.61. The summed E-state index contributed by atoms with van der Waals surface area (Å²) >= 11 is 2.27. The fourth-order valence-corrected chi connectivity index (χ4v) is 3.01. The number of hydrogen-bond acceptors (Lipinski definition) is 2. The van der Waals surface area contributed by atoms with Crippen LogP contribution in [0.5, 0.6) is 0 Å². The van der Waals surface area contributed by atoms with E-state index in [0.29, 0.717) is 6.54 Å². The Morgan fingerprint density at radius 3 is 2.89 bits per heavy atom. The lowest BCUT2D eigenvalue weighted by atomic mass is 9.99. The molecule has 5 heteroatoms. The molecule has 2 rings (SSSR count). The van der Waals surface area contributed by atoms with Crippen molar-refractivity contribution in [3.63, 3.8) is 0 Å². The number of halogens is 2. The maximum Gasteiger partial charge on any atom is 0.254 e. The topological polar surface area (TPSA) is 46.3 Å². The summed E-state index contributed by atoms with van der Waals surface area (Å²) in [6.07, 6.45) is 3.30. The second kappa shape index (κ2) is 7.45. The van der Waals surface area contributed by atoms with Crippen LogP contribution in [0.2, 0.25) is 0 Å². The highest BCUT2D eigenvalue weighted by Crippen LogP contribution is 2.22. The van der Waals surface area contributed by atoms with Gasteiger partial charge in [0, 0.05) is 28.3 Å². The standard InChI is InChI=1S/C14H19IN2O.ClH/c1-10-12(6-4-7-13(10)15)14(18)17-8-3-2-5-11(17)9-16;/h4,6-7,11H,2-3,5,8-9,16H2,1H3;1H. The van der Waals surface area contributed by atoms with Gasteiger partial charge in [-0.3, -0.25) is 4.79 Å². The first kappa shape index (κ1) is 16.7. The number of nitrogens with two attached hydrogens (primary N) is 1. The number of nitrogens with zero attached hydrogens (tertiary/aromatic N) is 1. The van der Waals surface area contributed by atoms with Gasteiger partial charge >= 0.3 is 0 Å². The van der Waals surface area contributed by atoms with Crippen molar-refractivity contribution in [2.45, 2.75) is 32.2 Å². The maximum atomic E-state index is 12.6. The molecule has 0 spiro atoms. The molecule has 3 nitrogen and oxygen atoms in total. The number of hydrogen-bond donors (Lipinski definition) is 1. The first-order valence-electron chi connectivity index (χ1n) is 6.41. The van der Waals surface area contributed by atoms with Crippen molar-refractivity contribution in [2.75, 3.05) is 13.1 Å². The average molecular weight is 395 g/mol. The molecule has 106 valence electrons. The lowest BCUT2D eigenvalue weighted by molar-refractivity contribution is 0.0622. The number of carbonyl (C=O) groups is 1. The van der Waals surface area contributed by atoms with Crippen LogP contribution in [0.4, 0.5) is 0 Å². The van der Waals surface area contributed by atoms with E-state index in [0.717, 1.165) is 34.1 Å². The Balaban J connectivity index is 0.00000180. The number of piperidine rings is 1. The molecule has 0 aliphatic carbocycles. The van der Waals surface area contributed by atoms with Crippen LogP contribution in [0.15, 0.2) is 18.2 Å². The van der Waals surface area contributed by atoms with Crippen LogP contribution in [0.25, 0.3) is 0 Å². The van der Waals surface area contributed by atoms with Crippen LogP contribution in [0.3, 0.4) is 0 Å². The molecule has 1 aliphatic heterocycles.